The largest absolute Gasteiger partial charge is 0.423 e. The molecule has 1 aromatic carbocycles. The quantitative estimate of drug-likeness (QED) is 0.660. The van der Waals surface area contributed by atoms with Crippen LogP contribution in [0.15, 0.2) is 33.9 Å². The van der Waals surface area contributed by atoms with Gasteiger partial charge < -0.3 is 15.5 Å². The average molecular weight is 287 g/mol. The monoisotopic (exact) mass is 287 g/mol. The zero-order valence-corrected chi connectivity index (χ0v) is 11.5. The molecular formula is C13H13N5O3. The number of nitrogen functional groups attached to an aromatic ring is 1. The van der Waals surface area contributed by atoms with Crippen LogP contribution in [0.3, 0.4) is 0 Å². The number of nitrogens with two attached hydrogens (primary N) is 1. The maximum absolute atomic E-state index is 12.0. The summed E-state index contributed by atoms with van der Waals surface area (Å²) in [5.41, 5.74) is 5.74. The Labute approximate surface area is 118 Å². The lowest BCUT2D eigenvalue weighted by molar-refractivity contribution is 0.451. The molecule has 2 heterocycles. The SMILES string of the molecule is Cn1c(=O)c2[nH]c(Oc3ccccc3N)nc2n(C)c1=O. The zero-order chi connectivity index (χ0) is 15.1. The Morgan fingerprint density at radius 2 is 1.90 bits per heavy atom. The number of H-pyrrole nitrogens is 1. The minimum Gasteiger partial charge on any atom is -0.423 e. The number of aromatic amines is 1. The molecule has 0 bridgehead atoms. The van der Waals surface area contributed by atoms with E-state index in [2.05, 4.69) is 9.97 Å². The molecule has 0 spiro atoms. The molecule has 0 unspecified atom stereocenters. The van der Waals surface area contributed by atoms with Crippen molar-refractivity contribution >= 4 is 16.9 Å². The minimum absolute atomic E-state index is 0.0983. The number of fused-ring (bicyclic) bond motifs is 1. The highest BCUT2D eigenvalue weighted by atomic mass is 16.5. The number of para-hydroxylation sites is 2. The third-order valence-corrected chi connectivity index (χ3v) is 3.20. The molecule has 21 heavy (non-hydrogen) atoms. The average Bonchev–Trinajstić information content (AvgIpc) is 2.89. The fourth-order valence-electron chi connectivity index (χ4n) is 2.03. The molecule has 0 atom stereocenters. The van der Waals surface area contributed by atoms with Crippen molar-refractivity contribution in [2.75, 3.05) is 5.73 Å². The van der Waals surface area contributed by atoms with Crippen LogP contribution in [0.2, 0.25) is 0 Å². The van der Waals surface area contributed by atoms with Crippen LogP contribution in [0.4, 0.5) is 5.69 Å². The van der Waals surface area contributed by atoms with Crippen LogP contribution in [0.1, 0.15) is 0 Å². The summed E-state index contributed by atoms with van der Waals surface area (Å²) in [6, 6.07) is 7.01. The van der Waals surface area contributed by atoms with Crippen LogP contribution in [0.25, 0.3) is 11.2 Å². The third-order valence-electron chi connectivity index (χ3n) is 3.20. The third kappa shape index (κ3) is 1.97. The number of benzene rings is 1. The fourth-order valence-corrected chi connectivity index (χ4v) is 2.03. The van der Waals surface area contributed by atoms with Crippen molar-refractivity contribution in [3.05, 3.63) is 45.1 Å². The molecule has 8 nitrogen and oxygen atoms in total. The van der Waals surface area contributed by atoms with Crippen molar-refractivity contribution in [2.24, 2.45) is 14.1 Å². The zero-order valence-electron chi connectivity index (χ0n) is 11.5. The predicted molar refractivity (Wildman–Crippen MR) is 77.5 cm³/mol. The first kappa shape index (κ1) is 13.0. The maximum Gasteiger partial charge on any atom is 0.332 e. The summed E-state index contributed by atoms with van der Waals surface area (Å²) in [6.45, 7) is 0. The van der Waals surface area contributed by atoms with Crippen molar-refractivity contribution in [3.8, 4) is 11.8 Å². The molecule has 3 rings (SSSR count). The number of aromatic nitrogens is 4. The molecule has 3 aromatic rings. The van der Waals surface area contributed by atoms with Crippen LogP contribution in [0, 0.1) is 0 Å². The second-order valence-corrected chi connectivity index (χ2v) is 4.59. The van der Waals surface area contributed by atoms with Crippen LogP contribution >= 0.6 is 0 Å². The number of hydrogen-bond acceptors (Lipinski definition) is 5. The molecule has 0 saturated heterocycles. The van der Waals surface area contributed by atoms with Gasteiger partial charge in [0.25, 0.3) is 5.56 Å². The Morgan fingerprint density at radius 1 is 1.19 bits per heavy atom. The van der Waals surface area contributed by atoms with Gasteiger partial charge in [0.2, 0.25) is 0 Å². The van der Waals surface area contributed by atoms with Gasteiger partial charge in [-0.25, -0.2) is 4.79 Å². The van der Waals surface area contributed by atoms with Crippen molar-refractivity contribution < 1.29 is 4.74 Å². The fraction of sp³-hybridized carbons (Fsp3) is 0.154. The summed E-state index contributed by atoms with van der Waals surface area (Å²) >= 11 is 0. The molecule has 0 aliphatic rings. The maximum atomic E-state index is 12.0. The van der Waals surface area contributed by atoms with E-state index in [4.69, 9.17) is 10.5 Å². The summed E-state index contributed by atoms with van der Waals surface area (Å²) in [6.07, 6.45) is 0. The summed E-state index contributed by atoms with van der Waals surface area (Å²) in [4.78, 5) is 30.8. The Kier molecular flexibility index (Phi) is 2.79. The highest BCUT2D eigenvalue weighted by molar-refractivity contribution is 5.70. The summed E-state index contributed by atoms with van der Waals surface area (Å²) < 4.78 is 7.80. The van der Waals surface area contributed by atoms with Crippen molar-refractivity contribution in [1.29, 1.82) is 0 Å². The van der Waals surface area contributed by atoms with Crippen LogP contribution in [-0.2, 0) is 14.1 Å². The normalized spacial score (nSPS) is 11.0. The first-order chi connectivity index (χ1) is 9.99. The molecule has 0 amide bonds. The first-order valence-electron chi connectivity index (χ1n) is 6.17. The highest BCUT2D eigenvalue weighted by Crippen LogP contribution is 2.25. The van der Waals surface area contributed by atoms with Gasteiger partial charge in [0, 0.05) is 14.1 Å². The molecule has 3 N–H and O–H groups in total. The molecule has 0 radical (unpaired) electrons. The van der Waals surface area contributed by atoms with E-state index in [1.54, 1.807) is 24.3 Å². The standard InChI is InChI=1S/C13H13N5O3/c1-17-10-9(11(19)18(2)13(17)20)15-12(16-10)21-8-6-4-3-5-7(8)14/h3-6H,14H2,1-2H3,(H,15,16). The molecule has 8 heteroatoms. The molecule has 108 valence electrons. The van der Waals surface area contributed by atoms with Crippen LogP contribution in [-0.4, -0.2) is 19.1 Å². The number of nitrogens with one attached hydrogen (secondary N) is 1. The van der Waals surface area contributed by atoms with Gasteiger partial charge in [-0.15, -0.1) is 0 Å². The van der Waals surface area contributed by atoms with E-state index in [0.29, 0.717) is 11.4 Å². The van der Waals surface area contributed by atoms with E-state index in [-0.39, 0.29) is 17.2 Å². The van der Waals surface area contributed by atoms with E-state index in [1.807, 2.05) is 0 Å². The lowest BCUT2D eigenvalue weighted by Crippen LogP contribution is -2.36. The highest BCUT2D eigenvalue weighted by Gasteiger charge is 2.14. The summed E-state index contributed by atoms with van der Waals surface area (Å²) in [5, 5.41) is 0. The van der Waals surface area contributed by atoms with E-state index >= 15 is 0 Å². The number of aryl methyl sites for hydroxylation is 1. The number of rotatable bonds is 2. The van der Waals surface area contributed by atoms with Crippen LogP contribution in [0.5, 0.6) is 11.8 Å². The van der Waals surface area contributed by atoms with Gasteiger partial charge >= 0.3 is 11.7 Å². The van der Waals surface area contributed by atoms with Gasteiger partial charge in [-0.05, 0) is 12.1 Å². The van der Waals surface area contributed by atoms with Gasteiger partial charge in [-0.1, -0.05) is 12.1 Å². The van der Waals surface area contributed by atoms with Gasteiger partial charge in [0.1, 0.15) is 0 Å². The number of nitrogens with zero attached hydrogens (tertiary/aromatic N) is 3. The lowest BCUT2D eigenvalue weighted by Gasteiger charge is -2.03. The van der Waals surface area contributed by atoms with Crippen molar-refractivity contribution in [2.45, 2.75) is 0 Å². The molecule has 0 aliphatic carbocycles. The Morgan fingerprint density at radius 3 is 2.62 bits per heavy atom. The van der Waals surface area contributed by atoms with Crippen LogP contribution < -0.4 is 21.7 Å². The number of anilines is 1. The second-order valence-electron chi connectivity index (χ2n) is 4.59. The van der Waals surface area contributed by atoms with E-state index in [9.17, 15) is 9.59 Å². The predicted octanol–water partition coefficient (Wildman–Crippen LogP) is 0.335. The summed E-state index contributed by atoms with van der Waals surface area (Å²) in [5.74, 6) is 0.415. The van der Waals surface area contributed by atoms with E-state index in [1.165, 1.54) is 18.7 Å². The number of imidazole rings is 1. The number of ether oxygens (including phenoxy) is 1. The summed E-state index contributed by atoms with van der Waals surface area (Å²) in [7, 11) is 2.94. The molecule has 0 saturated carbocycles. The molecular weight excluding hydrogens is 274 g/mol. The minimum atomic E-state index is -0.462. The molecule has 0 fully saturated rings. The Bertz CT molecular complexity index is 951. The van der Waals surface area contributed by atoms with Crippen molar-refractivity contribution in [1.82, 2.24) is 19.1 Å². The van der Waals surface area contributed by atoms with Gasteiger partial charge in [0.05, 0.1) is 5.69 Å². The van der Waals surface area contributed by atoms with E-state index in [0.717, 1.165) is 4.57 Å². The lowest BCUT2D eigenvalue weighted by atomic mass is 10.3. The number of hydrogen-bond donors (Lipinski definition) is 2. The van der Waals surface area contributed by atoms with Gasteiger partial charge in [0.15, 0.2) is 16.9 Å². The smallest absolute Gasteiger partial charge is 0.332 e. The second kappa shape index (κ2) is 4.51. The van der Waals surface area contributed by atoms with Gasteiger partial charge in [-0.3, -0.25) is 13.9 Å². The molecule has 2 aromatic heterocycles. The molecule has 0 aliphatic heterocycles. The Balaban J connectivity index is 2.17. The van der Waals surface area contributed by atoms with E-state index < -0.39 is 11.2 Å². The van der Waals surface area contributed by atoms with Gasteiger partial charge in [-0.2, -0.15) is 4.98 Å². The Hall–Kier alpha value is -3.03. The first-order valence-corrected chi connectivity index (χ1v) is 6.17. The topological polar surface area (TPSA) is 108 Å². The van der Waals surface area contributed by atoms with Crippen molar-refractivity contribution in [3.63, 3.8) is 0 Å².